The van der Waals surface area contributed by atoms with E-state index in [1.165, 1.54) is 31.7 Å². The van der Waals surface area contributed by atoms with Crippen molar-refractivity contribution in [3.05, 3.63) is 60.7 Å². The maximum absolute atomic E-state index is 13.4. The van der Waals surface area contributed by atoms with Crippen molar-refractivity contribution in [2.45, 2.75) is 11.8 Å². The molecule has 0 N–H and O–H groups in total. The average Bonchev–Trinajstić information content (AvgIpc) is 2.70. The van der Waals surface area contributed by atoms with Gasteiger partial charge in [0.1, 0.15) is 5.69 Å². The fraction of sp³-hybridized carbons (Fsp3) is 0.238. The summed E-state index contributed by atoms with van der Waals surface area (Å²) in [6, 6.07) is 8.30. The summed E-state index contributed by atoms with van der Waals surface area (Å²) in [5.41, 5.74) is 1.78. The van der Waals surface area contributed by atoms with E-state index in [-0.39, 0.29) is 17.2 Å². The summed E-state index contributed by atoms with van der Waals surface area (Å²) < 4.78 is 44.4. The van der Waals surface area contributed by atoms with E-state index >= 15 is 0 Å². The monoisotopic (exact) mass is 403 g/mol. The minimum Gasteiger partial charge on any atom is -0.493 e. The summed E-state index contributed by atoms with van der Waals surface area (Å²) in [6.45, 7) is 9.44. The molecule has 0 spiro atoms. The maximum Gasteiger partial charge on any atom is 0.264 e. The van der Waals surface area contributed by atoms with E-state index < -0.39 is 10.0 Å². The first-order valence-electron chi connectivity index (χ1n) is 8.51. The third kappa shape index (κ3) is 3.84. The number of benzene rings is 2. The molecule has 0 amide bonds. The summed E-state index contributed by atoms with van der Waals surface area (Å²) >= 11 is 0. The third-order valence-corrected chi connectivity index (χ3v) is 5.99. The van der Waals surface area contributed by atoms with Gasteiger partial charge >= 0.3 is 0 Å². The smallest absolute Gasteiger partial charge is 0.264 e. The van der Waals surface area contributed by atoms with Gasteiger partial charge in [0.2, 0.25) is 5.75 Å². The lowest BCUT2D eigenvalue weighted by Crippen LogP contribution is -2.32. The van der Waals surface area contributed by atoms with Gasteiger partial charge in [-0.15, -0.1) is 6.58 Å². The average molecular weight is 404 g/mol. The molecule has 0 aliphatic carbocycles. The lowest BCUT2D eigenvalue weighted by Gasteiger charge is -2.28. The van der Waals surface area contributed by atoms with Crippen LogP contribution in [-0.2, 0) is 10.0 Å². The van der Waals surface area contributed by atoms with E-state index in [9.17, 15) is 8.42 Å². The van der Waals surface area contributed by atoms with Crippen LogP contribution in [0.4, 0.5) is 5.69 Å². The molecule has 0 aliphatic rings. The van der Waals surface area contributed by atoms with Crippen molar-refractivity contribution in [2.24, 2.45) is 0 Å². The van der Waals surface area contributed by atoms with Crippen LogP contribution in [0.25, 0.3) is 6.08 Å². The van der Waals surface area contributed by atoms with Gasteiger partial charge < -0.3 is 14.2 Å². The number of ether oxygens (including phenoxy) is 3. The predicted molar refractivity (Wildman–Crippen MR) is 112 cm³/mol. The molecular weight excluding hydrogens is 378 g/mol. The molecule has 0 bridgehead atoms. The second-order valence-corrected chi connectivity index (χ2v) is 7.79. The first-order chi connectivity index (χ1) is 13.3. The minimum absolute atomic E-state index is 0.0306. The zero-order valence-corrected chi connectivity index (χ0v) is 17.4. The highest BCUT2D eigenvalue weighted by Crippen LogP contribution is 2.48. The zero-order valence-electron chi connectivity index (χ0n) is 16.6. The highest BCUT2D eigenvalue weighted by atomic mass is 32.2. The molecule has 150 valence electrons. The molecule has 0 unspecified atom stereocenters. The molecule has 0 radical (unpaired) electrons. The summed E-state index contributed by atoms with van der Waals surface area (Å²) in [4.78, 5) is 0.159. The number of methoxy groups -OCH3 is 3. The Morgan fingerprint density at radius 2 is 1.61 bits per heavy atom. The molecule has 2 aromatic carbocycles. The number of anilines is 1. The molecule has 0 heterocycles. The first kappa shape index (κ1) is 21.4. The van der Waals surface area contributed by atoms with Crippen molar-refractivity contribution in [3.63, 3.8) is 0 Å². The Morgan fingerprint density at radius 3 is 2.07 bits per heavy atom. The van der Waals surface area contributed by atoms with E-state index in [0.717, 1.165) is 5.56 Å². The number of nitrogens with zero attached hydrogens (tertiary/aromatic N) is 1. The predicted octanol–water partition coefficient (Wildman–Crippen LogP) is 4.05. The van der Waals surface area contributed by atoms with Crippen LogP contribution in [0.15, 0.2) is 54.5 Å². The molecule has 0 aromatic heterocycles. The molecule has 28 heavy (non-hydrogen) atoms. The van der Waals surface area contributed by atoms with Gasteiger partial charge in [0.15, 0.2) is 11.5 Å². The van der Waals surface area contributed by atoms with Crippen LogP contribution < -0.4 is 18.5 Å². The molecule has 0 aliphatic heterocycles. The Hall–Kier alpha value is -2.93. The number of hydrogen-bond donors (Lipinski definition) is 0. The number of rotatable bonds is 9. The number of aryl methyl sites for hydroxylation is 1. The zero-order chi connectivity index (χ0) is 20.9. The Kier molecular flexibility index (Phi) is 6.75. The topological polar surface area (TPSA) is 65.1 Å². The van der Waals surface area contributed by atoms with E-state index in [1.807, 2.05) is 6.92 Å². The molecule has 2 rings (SSSR count). The van der Waals surface area contributed by atoms with Crippen LogP contribution in [0.5, 0.6) is 17.2 Å². The highest BCUT2D eigenvalue weighted by Gasteiger charge is 2.31. The Bertz CT molecular complexity index is 965. The van der Waals surface area contributed by atoms with Crippen LogP contribution in [0.1, 0.15) is 11.1 Å². The van der Waals surface area contributed by atoms with E-state index in [2.05, 4.69) is 13.2 Å². The molecule has 2 aromatic rings. The SMILES string of the molecule is C=CCN(c1c(C=C)cc(OC)c(OC)c1OC)S(=O)(=O)c1ccc(C)cc1. The molecular formula is C21H25NO5S. The number of hydrogen-bond acceptors (Lipinski definition) is 5. The summed E-state index contributed by atoms with van der Waals surface area (Å²) in [6.07, 6.45) is 3.05. The Balaban J connectivity index is 2.83. The van der Waals surface area contributed by atoms with E-state index in [1.54, 1.807) is 36.4 Å². The van der Waals surface area contributed by atoms with Crippen molar-refractivity contribution in [1.82, 2.24) is 0 Å². The van der Waals surface area contributed by atoms with Gasteiger partial charge in [-0.25, -0.2) is 8.42 Å². The minimum atomic E-state index is -3.90. The van der Waals surface area contributed by atoms with Gasteiger partial charge in [0.25, 0.3) is 10.0 Å². The quantitative estimate of drug-likeness (QED) is 0.591. The van der Waals surface area contributed by atoms with Crippen molar-refractivity contribution in [2.75, 3.05) is 32.2 Å². The summed E-state index contributed by atoms with van der Waals surface area (Å²) in [5, 5.41) is 0. The van der Waals surface area contributed by atoms with E-state index in [0.29, 0.717) is 22.7 Å². The molecule has 0 atom stereocenters. The van der Waals surface area contributed by atoms with E-state index in [4.69, 9.17) is 14.2 Å². The van der Waals surface area contributed by atoms with Gasteiger partial charge in [-0.1, -0.05) is 36.4 Å². The van der Waals surface area contributed by atoms with Crippen LogP contribution in [0, 0.1) is 6.92 Å². The van der Waals surface area contributed by atoms with Crippen molar-refractivity contribution >= 4 is 21.8 Å². The fourth-order valence-corrected chi connectivity index (χ4v) is 4.30. The van der Waals surface area contributed by atoms with Crippen LogP contribution in [0.3, 0.4) is 0 Å². The lowest BCUT2D eigenvalue weighted by atomic mass is 10.1. The Labute approximate surface area is 166 Å². The van der Waals surface area contributed by atoms with Gasteiger partial charge in [-0.05, 0) is 25.1 Å². The second-order valence-electron chi connectivity index (χ2n) is 5.93. The Morgan fingerprint density at radius 1 is 1.00 bits per heavy atom. The van der Waals surface area contributed by atoms with Crippen LogP contribution in [-0.4, -0.2) is 36.3 Å². The fourth-order valence-electron chi connectivity index (χ4n) is 2.84. The maximum atomic E-state index is 13.4. The van der Waals surface area contributed by atoms with Gasteiger partial charge in [-0.3, -0.25) is 4.31 Å². The molecule has 0 saturated carbocycles. The van der Waals surface area contributed by atoms with Gasteiger partial charge in [0.05, 0.1) is 32.8 Å². The van der Waals surface area contributed by atoms with Crippen molar-refractivity contribution < 1.29 is 22.6 Å². The lowest BCUT2D eigenvalue weighted by molar-refractivity contribution is 0.325. The number of sulfonamides is 1. The molecule has 0 saturated heterocycles. The highest BCUT2D eigenvalue weighted by molar-refractivity contribution is 7.92. The van der Waals surface area contributed by atoms with Crippen molar-refractivity contribution in [3.8, 4) is 17.2 Å². The summed E-state index contributed by atoms with van der Waals surface area (Å²) in [5.74, 6) is 0.928. The largest absolute Gasteiger partial charge is 0.493 e. The first-order valence-corrected chi connectivity index (χ1v) is 9.95. The molecule has 7 heteroatoms. The molecule has 6 nitrogen and oxygen atoms in total. The van der Waals surface area contributed by atoms with Crippen LogP contribution in [0.2, 0.25) is 0 Å². The third-order valence-electron chi connectivity index (χ3n) is 4.21. The van der Waals surface area contributed by atoms with Gasteiger partial charge in [0, 0.05) is 5.56 Å². The summed E-state index contributed by atoms with van der Waals surface area (Å²) in [7, 11) is 0.495. The van der Waals surface area contributed by atoms with Crippen LogP contribution >= 0.6 is 0 Å². The normalized spacial score (nSPS) is 10.9. The van der Waals surface area contributed by atoms with Gasteiger partial charge in [-0.2, -0.15) is 0 Å². The second kappa shape index (κ2) is 8.84. The standard InChI is InChI=1S/C21H25NO5S/c1-7-13-22(28(23,24)17-11-9-15(3)10-12-17)19-16(8-2)14-18(25-4)20(26-5)21(19)27-6/h7-12,14H,1-2,13H2,3-6H3. The van der Waals surface area contributed by atoms with Crippen molar-refractivity contribution in [1.29, 1.82) is 0 Å². The molecule has 0 fully saturated rings.